The molecule has 1 aromatic heterocycles. The predicted octanol–water partition coefficient (Wildman–Crippen LogP) is 3.06. The molecular weight excluding hydrogens is 406 g/mol. The summed E-state index contributed by atoms with van der Waals surface area (Å²) in [6.45, 7) is 5.48. The number of carbonyl (C=O) groups excluding carboxylic acids is 3. The van der Waals surface area contributed by atoms with Crippen LogP contribution in [0.15, 0.2) is 54.7 Å². The van der Waals surface area contributed by atoms with E-state index in [2.05, 4.69) is 26.3 Å². The number of amides is 4. The smallest absolute Gasteiger partial charge is 0.319 e. The minimum Gasteiger partial charge on any atom is -0.361 e. The first-order chi connectivity index (χ1) is 15.3. The summed E-state index contributed by atoms with van der Waals surface area (Å²) in [5.41, 5.74) is 3.49. The van der Waals surface area contributed by atoms with Crippen molar-refractivity contribution in [1.82, 2.24) is 20.9 Å². The molecule has 3 rings (SSSR count). The van der Waals surface area contributed by atoms with Crippen molar-refractivity contribution in [2.45, 2.75) is 45.8 Å². The van der Waals surface area contributed by atoms with Gasteiger partial charge in [0.05, 0.1) is 0 Å². The highest BCUT2D eigenvalue weighted by molar-refractivity contribution is 5.90. The molecule has 0 aliphatic heterocycles. The van der Waals surface area contributed by atoms with Gasteiger partial charge < -0.3 is 26.3 Å². The molecule has 0 fully saturated rings. The highest BCUT2D eigenvalue weighted by atomic mass is 16.2. The average molecular weight is 436 g/mol. The molecule has 1 unspecified atom stereocenters. The van der Waals surface area contributed by atoms with E-state index in [0.29, 0.717) is 18.7 Å². The molecule has 2 aromatic carbocycles. The molecule has 0 saturated carbocycles. The zero-order chi connectivity index (χ0) is 23.1. The lowest BCUT2D eigenvalue weighted by Crippen LogP contribution is -2.47. The Kier molecular flexibility index (Phi) is 7.49. The quantitative estimate of drug-likeness (QED) is 0.374. The fraction of sp³-hybridized carbons (Fsp3) is 0.292. The van der Waals surface area contributed by atoms with E-state index in [1.54, 1.807) is 12.1 Å². The standard InChI is InChI=1S/C24H29N5O3/c1-15(2)27-24(32)29-19-10-8-17(9-11-19)13-26-23(31)22(28-16(3)30)12-18-14-25-21-7-5-4-6-20(18)21/h4-11,14-15,22,25H,12-13H2,1-3H3,(H,26,31)(H,28,30)(H2,27,29,32). The minimum atomic E-state index is -0.688. The van der Waals surface area contributed by atoms with Crippen molar-refractivity contribution in [2.24, 2.45) is 0 Å². The summed E-state index contributed by atoms with van der Waals surface area (Å²) in [6.07, 6.45) is 2.25. The summed E-state index contributed by atoms with van der Waals surface area (Å²) in [5, 5.41) is 12.2. The SMILES string of the molecule is CC(=O)NC(Cc1c[nH]c2ccccc12)C(=O)NCc1ccc(NC(=O)NC(C)C)cc1. The topological polar surface area (TPSA) is 115 Å². The van der Waals surface area contributed by atoms with E-state index in [0.717, 1.165) is 22.0 Å². The van der Waals surface area contributed by atoms with Gasteiger partial charge >= 0.3 is 6.03 Å². The molecular formula is C24H29N5O3. The first-order valence-corrected chi connectivity index (χ1v) is 10.6. The van der Waals surface area contributed by atoms with Crippen molar-refractivity contribution < 1.29 is 14.4 Å². The molecule has 3 aromatic rings. The first kappa shape index (κ1) is 22.9. The van der Waals surface area contributed by atoms with Crippen molar-refractivity contribution in [3.63, 3.8) is 0 Å². The van der Waals surface area contributed by atoms with Gasteiger partial charge in [-0.05, 0) is 43.2 Å². The van der Waals surface area contributed by atoms with Gasteiger partial charge in [-0.25, -0.2) is 4.79 Å². The van der Waals surface area contributed by atoms with Gasteiger partial charge in [-0.3, -0.25) is 9.59 Å². The number of aromatic nitrogens is 1. The van der Waals surface area contributed by atoms with Crippen LogP contribution in [0.5, 0.6) is 0 Å². The molecule has 0 radical (unpaired) electrons. The van der Waals surface area contributed by atoms with Crippen LogP contribution in [0.2, 0.25) is 0 Å². The number of anilines is 1. The normalized spacial score (nSPS) is 11.8. The molecule has 32 heavy (non-hydrogen) atoms. The highest BCUT2D eigenvalue weighted by Crippen LogP contribution is 2.19. The Labute approximate surface area is 187 Å². The van der Waals surface area contributed by atoms with E-state index in [1.807, 2.05) is 56.4 Å². The van der Waals surface area contributed by atoms with Crippen molar-refractivity contribution in [1.29, 1.82) is 0 Å². The van der Waals surface area contributed by atoms with Crippen LogP contribution in [0, 0.1) is 0 Å². The third-order valence-corrected chi connectivity index (χ3v) is 4.89. The molecule has 0 bridgehead atoms. The molecule has 1 heterocycles. The Morgan fingerprint density at radius 3 is 2.38 bits per heavy atom. The number of hydrogen-bond donors (Lipinski definition) is 5. The molecule has 0 spiro atoms. The van der Waals surface area contributed by atoms with Crippen LogP contribution >= 0.6 is 0 Å². The second-order valence-electron chi connectivity index (χ2n) is 7.98. The summed E-state index contributed by atoms with van der Waals surface area (Å²) in [7, 11) is 0. The van der Waals surface area contributed by atoms with Crippen LogP contribution in [-0.4, -0.2) is 34.9 Å². The predicted molar refractivity (Wildman–Crippen MR) is 125 cm³/mol. The van der Waals surface area contributed by atoms with Crippen LogP contribution in [0.25, 0.3) is 10.9 Å². The van der Waals surface area contributed by atoms with Crippen LogP contribution in [-0.2, 0) is 22.6 Å². The van der Waals surface area contributed by atoms with E-state index < -0.39 is 6.04 Å². The van der Waals surface area contributed by atoms with E-state index in [9.17, 15) is 14.4 Å². The number of para-hydroxylation sites is 1. The number of benzene rings is 2. The summed E-state index contributed by atoms with van der Waals surface area (Å²) in [4.78, 5) is 39.5. The van der Waals surface area contributed by atoms with Gasteiger partial charge in [0.2, 0.25) is 11.8 Å². The second-order valence-corrected chi connectivity index (χ2v) is 7.98. The third-order valence-electron chi connectivity index (χ3n) is 4.89. The largest absolute Gasteiger partial charge is 0.361 e. The summed E-state index contributed by atoms with van der Waals surface area (Å²) < 4.78 is 0. The van der Waals surface area contributed by atoms with E-state index in [1.165, 1.54) is 6.92 Å². The number of fused-ring (bicyclic) bond motifs is 1. The fourth-order valence-corrected chi connectivity index (χ4v) is 3.42. The molecule has 168 valence electrons. The Morgan fingerprint density at radius 2 is 1.69 bits per heavy atom. The maximum atomic E-state index is 12.8. The molecule has 8 nitrogen and oxygen atoms in total. The van der Waals surface area contributed by atoms with Crippen LogP contribution in [0.1, 0.15) is 31.9 Å². The fourth-order valence-electron chi connectivity index (χ4n) is 3.42. The maximum Gasteiger partial charge on any atom is 0.319 e. The van der Waals surface area contributed by atoms with Gasteiger partial charge in [0.25, 0.3) is 0 Å². The lowest BCUT2D eigenvalue weighted by Gasteiger charge is -2.17. The third kappa shape index (κ3) is 6.34. The average Bonchev–Trinajstić information content (AvgIpc) is 3.14. The number of carbonyl (C=O) groups is 3. The van der Waals surface area contributed by atoms with Gasteiger partial charge in [0.15, 0.2) is 0 Å². The first-order valence-electron chi connectivity index (χ1n) is 10.6. The Balaban J connectivity index is 1.60. The van der Waals surface area contributed by atoms with Crippen LogP contribution < -0.4 is 21.3 Å². The van der Waals surface area contributed by atoms with E-state index >= 15 is 0 Å². The number of urea groups is 1. The van der Waals surface area contributed by atoms with E-state index in [-0.39, 0.29) is 23.9 Å². The Bertz CT molecular complexity index is 1090. The summed E-state index contributed by atoms with van der Waals surface area (Å²) >= 11 is 0. The zero-order valence-corrected chi connectivity index (χ0v) is 18.5. The lowest BCUT2D eigenvalue weighted by molar-refractivity contribution is -0.128. The monoisotopic (exact) mass is 435 g/mol. The van der Waals surface area contributed by atoms with E-state index in [4.69, 9.17) is 0 Å². The molecule has 0 saturated heterocycles. The Hall–Kier alpha value is -3.81. The Morgan fingerprint density at radius 1 is 0.969 bits per heavy atom. The maximum absolute atomic E-state index is 12.8. The van der Waals surface area contributed by atoms with Gasteiger partial charge in [0.1, 0.15) is 6.04 Å². The highest BCUT2D eigenvalue weighted by Gasteiger charge is 2.21. The van der Waals surface area contributed by atoms with Gasteiger partial charge in [-0.15, -0.1) is 0 Å². The number of H-pyrrole nitrogens is 1. The van der Waals surface area contributed by atoms with Crippen molar-refractivity contribution in [2.75, 3.05) is 5.32 Å². The lowest BCUT2D eigenvalue weighted by atomic mass is 10.0. The summed E-state index contributed by atoms with van der Waals surface area (Å²) in [6, 6.07) is 14.1. The van der Waals surface area contributed by atoms with Gasteiger partial charge in [0, 0.05) is 48.7 Å². The molecule has 5 N–H and O–H groups in total. The zero-order valence-electron chi connectivity index (χ0n) is 18.5. The number of nitrogens with one attached hydrogen (secondary N) is 5. The van der Waals surface area contributed by atoms with Gasteiger partial charge in [-0.2, -0.15) is 0 Å². The molecule has 0 aliphatic carbocycles. The van der Waals surface area contributed by atoms with Crippen molar-refractivity contribution >= 4 is 34.4 Å². The van der Waals surface area contributed by atoms with Crippen molar-refractivity contribution in [3.8, 4) is 0 Å². The minimum absolute atomic E-state index is 0.0466. The second kappa shape index (κ2) is 10.5. The molecule has 0 aliphatic rings. The number of hydrogen-bond acceptors (Lipinski definition) is 3. The molecule has 1 atom stereocenters. The number of rotatable bonds is 8. The van der Waals surface area contributed by atoms with Crippen LogP contribution in [0.4, 0.5) is 10.5 Å². The number of aromatic amines is 1. The van der Waals surface area contributed by atoms with Crippen LogP contribution in [0.3, 0.4) is 0 Å². The molecule has 8 heteroatoms. The van der Waals surface area contributed by atoms with Gasteiger partial charge in [-0.1, -0.05) is 30.3 Å². The summed E-state index contributed by atoms with van der Waals surface area (Å²) in [5.74, 6) is -0.524. The van der Waals surface area contributed by atoms with Crippen molar-refractivity contribution in [3.05, 3.63) is 65.9 Å². The molecule has 4 amide bonds.